The van der Waals surface area contributed by atoms with E-state index in [-0.39, 0.29) is 6.04 Å². The van der Waals surface area contributed by atoms with Gasteiger partial charge in [0.2, 0.25) is 0 Å². The third kappa shape index (κ3) is 1.20. The lowest BCUT2D eigenvalue weighted by atomic mass is 10.1. The fourth-order valence-corrected chi connectivity index (χ4v) is 2.49. The zero-order valence-corrected chi connectivity index (χ0v) is 7.40. The number of thiophene rings is 1. The summed E-state index contributed by atoms with van der Waals surface area (Å²) in [5.74, 6) is 0. The van der Waals surface area contributed by atoms with Crippen LogP contribution in [0.1, 0.15) is 16.5 Å². The number of rotatable bonds is 0. The molecule has 2 N–H and O–H groups in total. The Labute approximate surface area is 70.6 Å². The summed E-state index contributed by atoms with van der Waals surface area (Å²) in [7, 11) is 2.11. The number of nitrogens with two attached hydrogens (primary N) is 1. The summed E-state index contributed by atoms with van der Waals surface area (Å²) in [5.41, 5.74) is 7.36. The average Bonchev–Trinajstić information content (AvgIpc) is 2.34. The van der Waals surface area contributed by atoms with Gasteiger partial charge in [0, 0.05) is 18.0 Å². The predicted molar refractivity (Wildman–Crippen MR) is 47.6 cm³/mol. The molecule has 2 nitrogen and oxygen atoms in total. The van der Waals surface area contributed by atoms with Crippen molar-refractivity contribution in [3.8, 4) is 0 Å². The third-order valence-corrected chi connectivity index (χ3v) is 3.16. The Morgan fingerprint density at radius 1 is 1.73 bits per heavy atom. The summed E-state index contributed by atoms with van der Waals surface area (Å²) in [6.07, 6.45) is 0. The molecule has 0 radical (unpaired) electrons. The first kappa shape index (κ1) is 7.28. The van der Waals surface area contributed by atoms with Gasteiger partial charge < -0.3 is 10.6 Å². The zero-order chi connectivity index (χ0) is 7.84. The van der Waals surface area contributed by atoms with E-state index in [2.05, 4.69) is 23.4 Å². The maximum Gasteiger partial charge on any atom is 0.0522 e. The minimum Gasteiger partial charge on any atom is -0.322 e. The molecule has 1 aromatic rings. The van der Waals surface area contributed by atoms with Gasteiger partial charge in [-0.05, 0) is 24.1 Å². The fraction of sp³-hybridized carbons (Fsp3) is 0.500. The Morgan fingerprint density at radius 2 is 2.55 bits per heavy atom. The van der Waals surface area contributed by atoms with Crippen molar-refractivity contribution in [2.45, 2.75) is 12.6 Å². The lowest BCUT2D eigenvalue weighted by Gasteiger charge is -2.27. The molecule has 0 fully saturated rings. The van der Waals surface area contributed by atoms with Gasteiger partial charge in [-0.15, -0.1) is 11.3 Å². The molecule has 60 valence electrons. The van der Waals surface area contributed by atoms with Gasteiger partial charge in [-0.3, -0.25) is 0 Å². The Morgan fingerprint density at radius 3 is 3.36 bits per heavy atom. The van der Waals surface area contributed by atoms with Crippen molar-refractivity contribution in [1.29, 1.82) is 0 Å². The first-order valence-electron chi connectivity index (χ1n) is 3.78. The van der Waals surface area contributed by atoms with Crippen molar-refractivity contribution in [2.75, 3.05) is 13.6 Å². The van der Waals surface area contributed by atoms with Crippen LogP contribution in [-0.4, -0.2) is 18.5 Å². The monoisotopic (exact) mass is 168 g/mol. The molecule has 3 heteroatoms. The molecule has 2 rings (SSSR count). The van der Waals surface area contributed by atoms with Crippen LogP contribution >= 0.6 is 11.3 Å². The van der Waals surface area contributed by atoms with Crippen molar-refractivity contribution >= 4 is 11.3 Å². The van der Waals surface area contributed by atoms with E-state index >= 15 is 0 Å². The van der Waals surface area contributed by atoms with Crippen LogP contribution < -0.4 is 5.73 Å². The maximum absolute atomic E-state index is 5.95. The Hall–Kier alpha value is -0.380. The van der Waals surface area contributed by atoms with E-state index in [0.29, 0.717) is 0 Å². The number of likely N-dealkylation sites (N-methyl/N-ethyl adjacent to an activating group) is 1. The number of hydrogen-bond acceptors (Lipinski definition) is 3. The van der Waals surface area contributed by atoms with E-state index in [4.69, 9.17) is 5.73 Å². The van der Waals surface area contributed by atoms with Crippen LogP contribution in [0.15, 0.2) is 11.4 Å². The molecule has 0 spiro atoms. The molecule has 1 unspecified atom stereocenters. The van der Waals surface area contributed by atoms with Gasteiger partial charge in [0.1, 0.15) is 0 Å². The summed E-state index contributed by atoms with van der Waals surface area (Å²) >= 11 is 1.78. The van der Waals surface area contributed by atoms with Crippen LogP contribution in [0.5, 0.6) is 0 Å². The van der Waals surface area contributed by atoms with Crippen LogP contribution in [0.4, 0.5) is 0 Å². The number of hydrogen-bond donors (Lipinski definition) is 1. The molecule has 0 aromatic carbocycles. The highest BCUT2D eigenvalue weighted by Crippen LogP contribution is 2.28. The first-order chi connectivity index (χ1) is 5.27. The van der Waals surface area contributed by atoms with Crippen molar-refractivity contribution in [3.05, 3.63) is 21.9 Å². The lowest BCUT2D eigenvalue weighted by molar-refractivity contribution is 0.286. The highest BCUT2D eigenvalue weighted by Gasteiger charge is 2.20. The highest BCUT2D eigenvalue weighted by atomic mass is 32.1. The molecular formula is C8H12N2S. The van der Waals surface area contributed by atoms with Gasteiger partial charge in [-0.25, -0.2) is 0 Å². The van der Waals surface area contributed by atoms with Crippen LogP contribution in [-0.2, 0) is 6.54 Å². The van der Waals surface area contributed by atoms with Gasteiger partial charge in [0.25, 0.3) is 0 Å². The summed E-state index contributed by atoms with van der Waals surface area (Å²) in [4.78, 5) is 3.64. The van der Waals surface area contributed by atoms with Gasteiger partial charge in [0.15, 0.2) is 0 Å². The highest BCUT2D eigenvalue weighted by molar-refractivity contribution is 7.10. The molecule has 11 heavy (non-hydrogen) atoms. The lowest BCUT2D eigenvalue weighted by Crippen LogP contribution is -2.33. The topological polar surface area (TPSA) is 29.3 Å². The minimum atomic E-state index is 0.240. The molecule has 0 saturated heterocycles. The molecule has 1 aliphatic rings. The smallest absolute Gasteiger partial charge is 0.0522 e. The van der Waals surface area contributed by atoms with Crippen LogP contribution in [0.25, 0.3) is 0 Å². The molecule has 0 aliphatic carbocycles. The molecule has 0 saturated carbocycles. The second-order valence-corrected chi connectivity index (χ2v) is 4.06. The number of nitrogens with zero attached hydrogens (tertiary/aromatic N) is 1. The maximum atomic E-state index is 5.95. The molecule has 0 amide bonds. The summed E-state index contributed by atoms with van der Waals surface area (Å²) < 4.78 is 0. The van der Waals surface area contributed by atoms with E-state index in [9.17, 15) is 0 Å². The third-order valence-electron chi connectivity index (χ3n) is 2.07. The molecule has 1 aliphatic heterocycles. The van der Waals surface area contributed by atoms with E-state index in [1.165, 1.54) is 10.4 Å². The van der Waals surface area contributed by atoms with Crippen LogP contribution in [0.2, 0.25) is 0 Å². The molecular weight excluding hydrogens is 156 g/mol. The summed E-state index contributed by atoms with van der Waals surface area (Å²) in [5, 5.41) is 2.13. The van der Waals surface area contributed by atoms with E-state index in [0.717, 1.165) is 13.1 Å². The van der Waals surface area contributed by atoms with Crippen LogP contribution in [0, 0.1) is 0 Å². The zero-order valence-electron chi connectivity index (χ0n) is 6.58. The van der Waals surface area contributed by atoms with E-state index in [1.54, 1.807) is 11.3 Å². The predicted octanol–water partition coefficient (Wildman–Crippen LogP) is 1.19. The van der Waals surface area contributed by atoms with Gasteiger partial charge in [0.05, 0.1) is 6.04 Å². The number of fused-ring (bicyclic) bond motifs is 1. The summed E-state index contributed by atoms with van der Waals surface area (Å²) in [6.45, 7) is 2.06. The summed E-state index contributed by atoms with van der Waals surface area (Å²) in [6, 6.07) is 2.42. The molecule has 0 bridgehead atoms. The largest absolute Gasteiger partial charge is 0.322 e. The van der Waals surface area contributed by atoms with Crippen LogP contribution in [0.3, 0.4) is 0 Å². The van der Waals surface area contributed by atoms with Crippen molar-refractivity contribution in [1.82, 2.24) is 4.90 Å². The first-order valence-corrected chi connectivity index (χ1v) is 4.65. The minimum absolute atomic E-state index is 0.240. The van der Waals surface area contributed by atoms with E-state index in [1.807, 2.05) is 0 Å². The quantitative estimate of drug-likeness (QED) is 0.630. The molecule has 1 atom stereocenters. The molecule has 2 heterocycles. The van der Waals surface area contributed by atoms with Crippen molar-refractivity contribution in [2.24, 2.45) is 5.73 Å². The van der Waals surface area contributed by atoms with Gasteiger partial charge in [-0.2, -0.15) is 0 Å². The Kier molecular flexibility index (Phi) is 1.71. The molecule has 1 aromatic heterocycles. The SMILES string of the molecule is CN1Cc2ccsc2C(N)C1. The average molecular weight is 168 g/mol. The Bertz CT molecular complexity index is 256. The van der Waals surface area contributed by atoms with Gasteiger partial charge in [-0.1, -0.05) is 0 Å². The fourth-order valence-electron chi connectivity index (χ4n) is 1.58. The Balaban J connectivity index is 2.36. The second-order valence-electron chi connectivity index (χ2n) is 3.11. The van der Waals surface area contributed by atoms with Gasteiger partial charge >= 0.3 is 0 Å². The van der Waals surface area contributed by atoms with Crippen molar-refractivity contribution < 1.29 is 0 Å². The second kappa shape index (κ2) is 2.59. The van der Waals surface area contributed by atoms with E-state index < -0.39 is 0 Å². The van der Waals surface area contributed by atoms with Crippen molar-refractivity contribution in [3.63, 3.8) is 0 Å². The normalized spacial score (nSPS) is 25.1. The standard InChI is InChI=1S/C8H12N2S/c1-10-4-6-2-3-11-8(6)7(9)5-10/h2-3,7H,4-5,9H2,1H3.